The van der Waals surface area contributed by atoms with E-state index in [9.17, 15) is 0 Å². The van der Waals surface area contributed by atoms with Crippen molar-refractivity contribution in [1.82, 2.24) is 10.2 Å². The molecular formula is C17H36N2O2. The summed E-state index contributed by atoms with van der Waals surface area (Å²) in [5.74, 6) is 0.682. The second-order valence-electron chi connectivity index (χ2n) is 7.73. The van der Waals surface area contributed by atoms with E-state index in [1.54, 1.807) is 7.11 Å². The molecule has 1 saturated heterocycles. The summed E-state index contributed by atoms with van der Waals surface area (Å²) in [5, 5.41) is 3.55. The van der Waals surface area contributed by atoms with Crippen molar-refractivity contribution in [3.63, 3.8) is 0 Å². The fourth-order valence-electron chi connectivity index (χ4n) is 2.77. The third-order valence-corrected chi connectivity index (χ3v) is 3.75. The molecule has 1 heterocycles. The predicted octanol–water partition coefficient (Wildman–Crippen LogP) is 2.53. The van der Waals surface area contributed by atoms with E-state index < -0.39 is 0 Å². The smallest absolute Gasteiger partial charge is 0.0707 e. The zero-order chi connectivity index (χ0) is 15.9. The molecule has 0 aromatic carbocycles. The van der Waals surface area contributed by atoms with Crippen LogP contribution in [0, 0.1) is 5.92 Å². The molecule has 126 valence electrons. The average Bonchev–Trinajstić information content (AvgIpc) is 2.80. The van der Waals surface area contributed by atoms with Crippen LogP contribution in [0.5, 0.6) is 0 Å². The zero-order valence-electron chi connectivity index (χ0n) is 14.9. The Balaban J connectivity index is 2.32. The molecule has 1 fully saturated rings. The van der Waals surface area contributed by atoms with Gasteiger partial charge in [0.15, 0.2) is 0 Å². The van der Waals surface area contributed by atoms with Gasteiger partial charge in [0.2, 0.25) is 0 Å². The van der Waals surface area contributed by atoms with Crippen molar-refractivity contribution < 1.29 is 9.47 Å². The zero-order valence-corrected chi connectivity index (χ0v) is 14.9. The van der Waals surface area contributed by atoms with Gasteiger partial charge in [-0.15, -0.1) is 0 Å². The molecule has 21 heavy (non-hydrogen) atoms. The second kappa shape index (κ2) is 9.09. The first-order valence-corrected chi connectivity index (χ1v) is 8.42. The summed E-state index contributed by atoms with van der Waals surface area (Å²) < 4.78 is 11.4. The van der Waals surface area contributed by atoms with E-state index in [-0.39, 0.29) is 5.54 Å². The highest BCUT2D eigenvalue weighted by Gasteiger charge is 2.27. The minimum Gasteiger partial charge on any atom is -0.383 e. The molecule has 2 unspecified atom stereocenters. The molecule has 1 N–H and O–H groups in total. The van der Waals surface area contributed by atoms with Crippen LogP contribution in [0.1, 0.15) is 47.5 Å². The van der Waals surface area contributed by atoms with Gasteiger partial charge < -0.3 is 14.8 Å². The SMILES string of the molecule is COCCN(CC(C)C)CC1CCC(CNC(C)(C)C)O1. The first-order valence-electron chi connectivity index (χ1n) is 8.42. The van der Waals surface area contributed by atoms with Gasteiger partial charge in [-0.2, -0.15) is 0 Å². The van der Waals surface area contributed by atoms with E-state index >= 15 is 0 Å². The monoisotopic (exact) mass is 300 g/mol. The highest BCUT2D eigenvalue weighted by Crippen LogP contribution is 2.21. The molecule has 4 nitrogen and oxygen atoms in total. The van der Waals surface area contributed by atoms with Crippen LogP contribution < -0.4 is 5.32 Å². The van der Waals surface area contributed by atoms with E-state index in [4.69, 9.17) is 9.47 Å². The molecule has 0 spiro atoms. The van der Waals surface area contributed by atoms with Crippen LogP contribution in [0.25, 0.3) is 0 Å². The Morgan fingerprint density at radius 1 is 1.24 bits per heavy atom. The number of rotatable bonds is 9. The Kier molecular flexibility index (Phi) is 8.17. The number of methoxy groups -OCH3 is 1. The van der Waals surface area contributed by atoms with E-state index in [0.29, 0.717) is 18.1 Å². The Morgan fingerprint density at radius 2 is 1.90 bits per heavy atom. The molecule has 0 amide bonds. The molecular weight excluding hydrogens is 264 g/mol. The van der Waals surface area contributed by atoms with Gasteiger partial charge in [0.1, 0.15) is 0 Å². The molecule has 0 aliphatic carbocycles. The van der Waals surface area contributed by atoms with Crippen molar-refractivity contribution in [2.24, 2.45) is 5.92 Å². The Morgan fingerprint density at radius 3 is 2.48 bits per heavy atom. The summed E-state index contributed by atoms with van der Waals surface area (Å²) >= 11 is 0. The average molecular weight is 300 g/mol. The Bertz CT molecular complexity index is 276. The molecule has 2 atom stereocenters. The fourth-order valence-corrected chi connectivity index (χ4v) is 2.77. The van der Waals surface area contributed by atoms with Gasteiger partial charge in [0.25, 0.3) is 0 Å². The molecule has 4 heteroatoms. The van der Waals surface area contributed by atoms with Gasteiger partial charge in [0, 0.05) is 38.8 Å². The van der Waals surface area contributed by atoms with Crippen LogP contribution in [0.3, 0.4) is 0 Å². The summed E-state index contributed by atoms with van der Waals surface area (Å²) in [7, 11) is 1.77. The van der Waals surface area contributed by atoms with Gasteiger partial charge in [-0.25, -0.2) is 0 Å². The van der Waals surface area contributed by atoms with Crippen molar-refractivity contribution >= 4 is 0 Å². The van der Waals surface area contributed by atoms with Crippen molar-refractivity contribution in [2.75, 3.05) is 39.9 Å². The molecule has 1 aliphatic rings. The summed E-state index contributed by atoms with van der Waals surface area (Å²) in [4.78, 5) is 2.48. The molecule has 0 bridgehead atoms. The number of hydrogen-bond donors (Lipinski definition) is 1. The maximum atomic E-state index is 6.20. The third-order valence-electron chi connectivity index (χ3n) is 3.75. The van der Waals surface area contributed by atoms with Gasteiger partial charge in [0.05, 0.1) is 18.8 Å². The number of ether oxygens (including phenoxy) is 2. The first-order chi connectivity index (χ1) is 9.80. The number of nitrogens with zero attached hydrogens (tertiary/aromatic N) is 1. The standard InChI is InChI=1S/C17H36N2O2/c1-14(2)12-19(9-10-20-6)13-16-8-7-15(21-16)11-18-17(3,4)5/h14-16,18H,7-13H2,1-6H3. The minimum absolute atomic E-state index is 0.170. The maximum absolute atomic E-state index is 6.20. The molecule has 0 radical (unpaired) electrons. The van der Waals surface area contributed by atoms with Crippen LogP contribution in [-0.4, -0.2) is 62.5 Å². The van der Waals surface area contributed by atoms with E-state index in [1.165, 1.54) is 12.8 Å². The second-order valence-corrected chi connectivity index (χ2v) is 7.73. The highest BCUT2D eigenvalue weighted by molar-refractivity contribution is 4.81. The summed E-state index contributed by atoms with van der Waals surface area (Å²) in [6.45, 7) is 16.1. The summed E-state index contributed by atoms with van der Waals surface area (Å²) in [6.07, 6.45) is 3.11. The fraction of sp³-hybridized carbons (Fsp3) is 1.00. The van der Waals surface area contributed by atoms with Crippen molar-refractivity contribution in [1.29, 1.82) is 0 Å². The number of nitrogens with one attached hydrogen (secondary N) is 1. The molecule has 0 saturated carbocycles. The van der Waals surface area contributed by atoms with E-state index in [2.05, 4.69) is 44.8 Å². The third kappa shape index (κ3) is 8.77. The number of hydrogen-bond acceptors (Lipinski definition) is 4. The summed E-state index contributed by atoms with van der Waals surface area (Å²) in [6, 6.07) is 0. The lowest BCUT2D eigenvalue weighted by Gasteiger charge is -2.27. The first kappa shape index (κ1) is 18.9. The largest absolute Gasteiger partial charge is 0.383 e. The van der Waals surface area contributed by atoms with Crippen LogP contribution in [-0.2, 0) is 9.47 Å². The van der Waals surface area contributed by atoms with Crippen molar-refractivity contribution in [2.45, 2.75) is 65.2 Å². The summed E-state index contributed by atoms with van der Waals surface area (Å²) in [5.41, 5.74) is 0.170. The lowest BCUT2D eigenvalue weighted by Crippen LogP contribution is -2.41. The Hall–Kier alpha value is -0.160. The predicted molar refractivity (Wildman–Crippen MR) is 88.8 cm³/mol. The van der Waals surface area contributed by atoms with Crippen molar-refractivity contribution in [3.05, 3.63) is 0 Å². The lowest BCUT2D eigenvalue weighted by atomic mass is 10.1. The highest BCUT2D eigenvalue weighted by atomic mass is 16.5. The minimum atomic E-state index is 0.170. The van der Waals surface area contributed by atoms with Crippen LogP contribution >= 0.6 is 0 Å². The van der Waals surface area contributed by atoms with E-state index in [1.807, 2.05) is 0 Å². The van der Waals surface area contributed by atoms with Crippen LogP contribution in [0.15, 0.2) is 0 Å². The topological polar surface area (TPSA) is 33.7 Å². The molecule has 0 aromatic heterocycles. The van der Waals surface area contributed by atoms with Gasteiger partial charge >= 0.3 is 0 Å². The lowest BCUT2D eigenvalue weighted by molar-refractivity contribution is 0.0143. The van der Waals surface area contributed by atoms with Crippen LogP contribution in [0.4, 0.5) is 0 Å². The Labute approximate surface area is 131 Å². The van der Waals surface area contributed by atoms with Crippen molar-refractivity contribution in [3.8, 4) is 0 Å². The van der Waals surface area contributed by atoms with Gasteiger partial charge in [-0.1, -0.05) is 13.8 Å². The molecule has 1 rings (SSSR count). The maximum Gasteiger partial charge on any atom is 0.0707 e. The quantitative estimate of drug-likeness (QED) is 0.709. The van der Waals surface area contributed by atoms with Crippen LogP contribution in [0.2, 0.25) is 0 Å². The normalized spacial score (nSPS) is 23.4. The van der Waals surface area contributed by atoms with Gasteiger partial charge in [-0.05, 0) is 39.5 Å². The van der Waals surface area contributed by atoms with E-state index in [0.717, 1.165) is 32.8 Å². The van der Waals surface area contributed by atoms with Gasteiger partial charge in [-0.3, -0.25) is 4.90 Å². The molecule has 0 aromatic rings. The molecule has 1 aliphatic heterocycles.